The van der Waals surface area contributed by atoms with E-state index in [0.29, 0.717) is 37.7 Å². The molecule has 1 spiro atoms. The maximum Gasteiger partial charge on any atom is 0.273 e. The van der Waals surface area contributed by atoms with E-state index in [1.807, 2.05) is 22.4 Å². The number of carbonyl (C=O) groups excluding carboxylic acids is 2. The molecule has 4 rings (SSSR count). The molecule has 1 atom stereocenters. The minimum Gasteiger partial charge on any atom is -0.371 e. The third-order valence-corrected chi connectivity index (χ3v) is 7.87. The van der Waals surface area contributed by atoms with Gasteiger partial charge in [-0.2, -0.15) is 0 Å². The normalized spacial score (nSPS) is 19.8. The van der Waals surface area contributed by atoms with Gasteiger partial charge in [0.2, 0.25) is 0 Å². The second kappa shape index (κ2) is 10.2. The summed E-state index contributed by atoms with van der Waals surface area (Å²) in [4.78, 5) is 32.9. The van der Waals surface area contributed by atoms with Crippen molar-refractivity contribution in [1.29, 1.82) is 0 Å². The molecule has 6 nitrogen and oxygen atoms in total. The number of hydrogen-bond donors (Lipinski definition) is 0. The summed E-state index contributed by atoms with van der Waals surface area (Å²) in [6.45, 7) is 8.92. The van der Waals surface area contributed by atoms with Crippen molar-refractivity contribution in [2.75, 3.05) is 32.8 Å². The van der Waals surface area contributed by atoms with Gasteiger partial charge in [-0.1, -0.05) is 38.1 Å². The zero-order valence-corrected chi connectivity index (χ0v) is 19.9. The summed E-state index contributed by atoms with van der Waals surface area (Å²) in [6.07, 6.45) is 4.28. The fourth-order valence-electron chi connectivity index (χ4n) is 4.60. The monoisotopic (exact) mass is 455 g/mol. The fraction of sp³-hybridized carbons (Fsp3) is 0.560. The van der Waals surface area contributed by atoms with E-state index < -0.39 is 0 Å². The molecule has 1 unspecified atom stereocenters. The highest BCUT2D eigenvalue weighted by Crippen LogP contribution is 2.32. The molecule has 2 aliphatic rings. The van der Waals surface area contributed by atoms with Crippen molar-refractivity contribution in [2.45, 2.75) is 57.6 Å². The maximum absolute atomic E-state index is 13.1. The lowest BCUT2D eigenvalue weighted by Crippen LogP contribution is -2.58. The van der Waals surface area contributed by atoms with Crippen LogP contribution in [0.15, 0.2) is 29.6 Å². The van der Waals surface area contributed by atoms with Crippen molar-refractivity contribution < 1.29 is 14.3 Å². The molecule has 2 aromatic rings. The summed E-state index contributed by atoms with van der Waals surface area (Å²) in [5, 5.41) is 2.96. The van der Waals surface area contributed by atoms with Crippen LogP contribution in [0.1, 0.15) is 65.7 Å². The predicted molar refractivity (Wildman–Crippen MR) is 126 cm³/mol. The Morgan fingerprint density at radius 3 is 2.81 bits per heavy atom. The average molecular weight is 456 g/mol. The van der Waals surface area contributed by atoms with E-state index >= 15 is 0 Å². The third-order valence-electron chi connectivity index (χ3n) is 6.79. The van der Waals surface area contributed by atoms with Gasteiger partial charge in [0.1, 0.15) is 12.0 Å². The molecule has 1 aromatic carbocycles. The number of aldehydes is 1. The molecule has 2 saturated heterocycles. The van der Waals surface area contributed by atoms with Crippen LogP contribution in [0, 0.1) is 0 Å². The minimum absolute atomic E-state index is 0.0351. The fourth-order valence-corrected chi connectivity index (χ4v) is 5.53. The van der Waals surface area contributed by atoms with Crippen molar-refractivity contribution in [3.8, 4) is 0 Å². The number of morpholine rings is 1. The lowest BCUT2D eigenvalue weighted by atomic mass is 9.89. The van der Waals surface area contributed by atoms with Gasteiger partial charge < -0.3 is 14.4 Å². The molecule has 1 aromatic heterocycles. The van der Waals surface area contributed by atoms with Crippen molar-refractivity contribution in [2.24, 2.45) is 0 Å². The van der Waals surface area contributed by atoms with Gasteiger partial charge in [-0.05, 0) is 30.4 Å². The summed E-state index contributed by atoms with van der Waals surface area (Å²) in [5.74, 6) is 0.425. The first-order valence-electron chi connectivity index (χ1n) is 11.6. The van der Waals surface area contributed by atoms with Gasteiger partial charge in [-0.15, -0.1) is 11.3 Å². The third kappa shape index (κ3) is 5.27. The van der Waals surface area contributed by atoms with Gasteiger partial charge in [0.05, 0.1) is 23.8 Å². The topological polar surface area (TPSA) is 62.7 Å². The van der Waals surface area contributed by atoms with Crippen molar-refractivity contribution in [3.63, 3.8) is 0 Å². The van der Waals surface area contributed by atoms with Crippen LogP contribution in [0.5, 0.6) is 0 Å². The predicted octanol–water partition coefficient (Wildman–Crippen LogP) is 3.91. The molecular weight excluding hydrogens is 422 g/mol. The quantitative estimate of drug-likeness (QED) is 0.593. The molecule has 0 aliphatic carbocycles. The van der Waals surface area contributed by atoms with Crippen LogP contribution in [0.3, 0.4) is 0 Å². The number of aromatic nitrogens is 1. The number of thiazole rings is 1. The molecule has 32 heavy (non-hydrogen) atoms. The van der Waals surface area contributed by atoms with Crippen LogP contribution in [0.2, 0.25) is 0 Å². The number of piperidine rings is 1. The van der Waals surface area contributed by atoms with Crippen LogP contribution in [0.4, 0.5) is 0 Å². The highest BCUT2D eigenvalue weighted by molar-refractivity contribution is 7.09. The number of hydrogen-bond acceptors (Lipinski definition) is 6. The lowest BCUT2D eigenvalue weighted by molar-refractivity contribution is -0.128. The Kier molecular flexibility index (Phi) is 7.38. The highest BCUT2D eigenvalue weighted by atomic mass is 32.1. The second-order valence-corrected chi connectivity index (χ2v) is 10.00. The van der Waals surface area contributed by atoms with Gasteiger partial charge >= 0.3 is 0 Å². The number of benzene rings is 1. The van der Waals surface area contributed by atoms with Gasteiger partial charge in [-0.3, -0.25) is 9.69 Å². The van der Waals surface area contributed by atoms with Gasteiger partial charge in [-0.25, -0.2) is 4.98 Å². The molecule has 172 valence electrons. The van der Waals surface area contributed by atoms with E-state index in [-0.39, 0.29) is 11.5 Å². The van der Waals surface area contributed by atoms with E-state index in [1.165, 1.54) is 5.56 Å². The van der Waals surface area contributed by atoms with E-state index in [1.54, 1.807) is 11.3 Å². The standard InChI is InChI=1S/C25H33N3O3S/c1-3-19(2)23-26-22(17-32-23)24(30)28-12-14-31-25(18-28)8-10-27(11-9-25)16-21-6-4-5-20(15-21)7-13-29/h4-6,13,15,17,19H,3,7-12,14,16,18H2,1-2H3. The Balaban J connectivity index is 1.34. The summed E-state index contributed by atoms with van der Waals surface area (Å²) >= 11 is 1.59. The van der Waals surface area contributed by atoms with Crippen LogP contribution < -0.4 is 0 Å². The average Bonchev–Trinajstić information content (AvgIpc) is 3.31. The molecule has 0 bridgehead atoms. The van der Waals surface area contributed by atoms with Gasteiger partial charge in [0.15, 0.2) is 0 Å². The first-order chi connectivity index (χ1) is 15.5. The summed E-state index contributed by atoms with van der Waals surface area (Å²) in [6, 6.07) is 8.27. The molecule has 3 heterocycles. The smallest absolute Gasteiger partial charge is 0.273 e. The van der Waals surface area contributed by atoms with Crippen LogP contribution in [-0.4, -0.2) is 65.4 Å². The summed E-state index contributed by atoms with van der Waals surface area (Å²) in [5.41, 5.74) is 2.63. The van der Waals surface area contributed by atoms with Gasteiger partial charge in [0.25, 0.3) is 5.91 Å². The van der Waals surface area contributed by atoms with E-state index in [2.05, 4.69) is 35.9 Å². The number of ether oxygens (including phenoxy) is 1. The molecule has 0 N–H and O–H groups in total. The van der Waals surface area contributed by atoms with Crippen molar-refractivity contribution >= 4 is 23.5 Å². The van der Waals surface area contributed by atoms with Gasteiger partial charge in [0, 0.05) is 43.9 Å². The Morgan fingerprint density at radius 2 is 2.06 bits per heavy atom. The highest BCUT2D eigenvalue weighted by Gasteiger charge is 2.41. The lowest BCUT2D eigenvalue weighted by Gasteiger charge is -2.47. The van der Waals surface area contributed by atoms with Crippen molar-refractivity contribution in [3.05, 3.63) is 51.5 Å². The Hall–Kier alpha value is -2.09. The molecular formula is C25H33N3O3S. The Labute approximate surface area is 194 Å². The number of amides is 1. The molecule has 0 radical (unpaired) electrons. The van der Waals surface area contributed by atoms with E-state index in [9.17, 15) is 9.59 Å². The van der Waals surface area contributed by atoms with Crippen LogP contribution in [0.25, 0.3) is 0 Å². The maximum atomic E-state index is 13.1. The SMILES string of the molecule is CCC(C)c1nc(C(=O)N2CCOC3(CCN(Cc4cccc(CC=O)c4)CC3)C2)cs1. The van der Waals surface area contributed by atoms with E-state index in [0.717, 1.165) is 55.8 Å². The Bertz CT molecular complexity index is 936. The molecule has 1 amide bonds. The number of carbonyl (C=O) groups is 2. The largest absolute Gasteiger partial charge is 0.371 e. The summed E-state index contributed by atoms with van der Waals surface area (Å²) in [7, 11) is 0. The summed E-state index contributed by atoms with van der Waals surface area (Å²) < 4.78 is 6.26. The molecule has 7 heteroatoms. The Morgan fingerprint density at radius 1 is 1.28 bits per heavy atom. The van der Waals surface area contributed by atoms with Crippen molar-refractivity contribution in [1.82, 2.24) is 14.8 Å². The first kappa shape index (κ1) is 23.1. The molecule has 0 saturated carbocycles. The number of nitrogens with zero attached hydrogens (tertiary/aromatic N) is 3. The van der Waals surface area contributed by atoms with E-state index in [4.69, 9.17) is 4.74 Å². The number of rotatable bonds is 7. The van der Waals surface area contributed by atoms with Crippen LogP contribution in [-0.2, 0) is 22.5 Å². The van der Waals surface area contributed by atoms with Crippen LogP contribution >= 0.6 is 11.3 Å². The zero-order valence-electron chi connectivity index (χ0n) is 19.1. The molecule has 2 aliphatic heterocycles. The number of likely N-dealkylation sites (tertiary alicyclic amines) is 1. The second-order valence-electron chi connectivity index (χ2n) is 9.11. The first-order valence-corrected chi connectivity index (χ1v) is 12.5. The minimum atomic E-state index is -0.251. The zero-order chi connectivity index (χ0) is 22.6. The molecule has 2 fully saturated rings.